The predicted molar refractivity (Wildman–Crippen MR) is 75.5 cm³/mol. The van der Waals surface area contributed by atoms with Gasteiger partial charge in [-0.05, 0) is 44.1 Å². The summed E-state index contributed by atoms with van der Waals surface area (Å²) in [5.41, 5.74) is 2.42. The molecule has 1 nitrogen and oxygen atoms in total. The number of rotatable bonds is 5. The molecule has 3 heteroatoms. The highest BCUT2D eigenvalue weighted by Gasteiger charge is 2.05. The minimum absolute atomic E-state index is 0.573. The number of halogens is 2. The molecule has 0 radical (unpaired) electrons. The zero-order valence-electron chi connectivity index (χ0n) is 10.1. The fourth-order valence-corrected chi connectivity index (χ4v) is 2.05. The molecule has 0 amide bonds. The molecule has 1 aromatic carbocycles. The molecule has 1 unspecified atom stereocenters. The Balaban J connectivity index is 2.52. The van der Waals surface area contributed by atoms with Crippen molar-refractivity contribution in [2.45, 2.75) is 31.6 Å². The molecule has 0 fully saturated rings. The standard InChI is InChI=1S/C13H19BrClN/c1-10-4-5-12(13(15)8-10)9-16(3)7-6-11(2)14/h4-5,8,11H,6-7,9H2,1-3H3. The fraction of sp³-hybridized carbons (Fsp3) is 0.538. The maximum atomic E-state index is 6.20. The van der Waals surface area contributed by atoms with Gasteiger partial charge in [0.05, 0.1) is 0 Å². The Morgan fingerprint density at radius 2 is 2.12 bits per heavy atom. The topological polar surface area (TPSA) is 3.24 Å². The summed E-state index contributed by atoms with van der Waals surface area (Å²) in [6.45, 7) is 6.23. The number of hydrogen-bond donors (Lipinski definition) is 0. The van der Waals surface area contributed by atoms with Crippen molar-refractivity contribution in [1.82, 2.24) is 4.90 Å². The third kappa shape index (κ3) is 4.86. The smallest absolute Gasteiger partial charge is 0.0453 e. The predicted octanol–water partition coefficient (Wildman–Crippen LogP) is 4.25. The van der Waals surface area contributed by atoms with Crippen LogP contribution < -0.4 is 0 Å². The highest BCUT2D eigenvalue weighted by atomic mass is 79.9. The van der Waals surface area contributed by atoms with Crippen LogP contribution in [0.15, 0.2) is 18.2 Å². The molecule has 90 valence electrons. The maximum absolute atomic E-state index is 6.20. The quantitative estimate of drug-likeness (QED) is 0.735. The Hall–Kier alpha value is -0.0500. The van der Waals surface area contributed by atoms with Gasteiger partial charge in [-0.3, -0.25) is 0 Å². The van der Waals surface area contributed by atoms with Gasteiger partial charge in [0.15, 0.2) is 0 Å². The second-order valence-electron chi connectivity index (χ2n) is 4.40. The summed E-state index contributed by atoms with van der Waals surface area (Å²) >= 11 is 9.76. The molecular weight excluding hydrogens is 286 g/mol. The van der Waals surface area contributed by atoms with Gasteiger partial charge in [-0.2, -0.15) is 0 Å². The van der Waals surface area contributed by atoms with Crippen molar-refractivity contribution in [1.29, 1.82) is 0 Å². The second kappa shape index (κ2) is 6.63. The van der Waals surface area contributed by atoms with Crippen molar-refractivity contribution < 1.29 is 0 Å². The minimum atomic E-state index is 0.573. The van der Waals surface area contributed by atoms with E-state index in [1.54, 1.807) is 0 Å². The van der Waals surface area contributed by atoms with E-state index in [9.17, 15) is 0 Å². The first-order valence-corrected chi connectivity index (χ1v) is 6.86. The highest BCUT2D eigenvalue weighted by molar-refractivity contribution is 9.09. The van der Waals surface area contributed by atoms with E-state index in [1.165, 1.54) is 11.1 Å². The molecule has 0 bridgehead atoms. The molecule has 0 saturated carbocycles. The van der Waals surface area contributed by atoms with Crippen molar-refractivity contribution in [2.75, 3.05) is 13.6 Å². The van der Waals surface area contributed by atoms with Gasteiger partial charge >= 0.3 is 0 Å². The molecular formula is C13H19BrClN. The van der Waals surface area contributed by atoms with E-state index in [1.807, 2.05) is 6.07 Å². The molecule has 0 heterocycles. The van der Waals surface area contributed by atoms with Crippen molar-refractivity contribution in [3.63, 3.8) is 0 Å². The number of nitrogens with zero attached hydrogens (tertiary/aromatic N) is 1. The lowest BCUT2D eigenvalue weighted by molar-refractivity contribution is 0.323. The van der Waals surface area contributed by atoms with E-state index >= 15 is 0 Å². The molecule has 1 atom stereocenters. The number of aryl methyl sites for hydroxylation is 1. The summed E-state index contributed by atoms with van der Waals surface area (Å²) in [4.78, 5) is 2.87. The Morgan fingerprint density at radius 3 is 2.69 bits per heavy atom. The van der Waals surface area contributed by atoms with E-state index < -0.39 is 0 Å². The van der Waals surface area contributed by atoms with Gasteiger partial charge in [0.1, 0.15) is 0 Å². The molecule has 1 rings (SSSR count). The van der Waals surface area contributed by atoms with Crippen LogP contribution in [0.25, 0.3) is 0 Å². The van der Waals surface area contributed by atoms with E-state index in [-0.39, 0.29) is 0 Å². The Kier molecular flexibility index (Phi) is 5.81. The van der Waals surface area contributed by atoms with Crippen molar-refractivity contribution in [3.05, 3.63) is 34.3 Å². The number of benzene rings is 1. The summed E-state index contributed by atoms with van der Waals surface area (Å²) in [6.07, 6.45) is 1.15. The largest absolute Gasteiger partial charge is 0.302 e. The van der Waals surface area contributed by atoms with Gasteiger partial charge in [-0.25, -0.2) is 0 Å². The molecule has 0 spiro atoms. The molecule has 0 aliphatic heterocycles. The summed E-state index contributed by atoms with van der Waals surface area (Å²) in [5.74, 6) is 0. The van der Waals surface area contributed by atoms with E-state index in [0.29, 0.717) is 4.83 Å². The molecule has 0 aliphatic rings. The van der Waals surface area contributed by atoms with Crippen LogP contribution in [0, 0.1) is 6.92 Å². The van der Waals surface area contributed by atoms with E-state index in [2.05, 4.69) is 53.9 Å². The fourth-order valence-electron chi connectivity index (χ4n) is 1.55. The monoisotopic (exact) mass is 303 g/mol. The van der Waals surface area contributed by atoms with Gasteiger partial charge in [0.2, 0.25) is 0 Å². The first-order chi connectivity index (χ1) is 7.49. The van der Waals surface area contributed by atoms with Crippen molar-refractivity contribution >= 4 is 27.5 Å². The molecule has 1 aromatic rings. The van der Waals surface area contributed by atoms with Crippen LogP contribution in [-0.2, 0) is 6.54 Å². The zero-order valence-corrected chi connectivity index (χ0v) is 12.5. The van der Waals surface area contributed by atoms with Crippen LogP contribution in [0.5, 0.6) is 0 Å². The maximum Gasteiger partial charge on any atom is 0.0453 e. The van der Waals surface area contributed by atoms with E-state index in [4.69, 9.17) is 11.6 Å². The van der Waals surface area contributed by atoms with Crippen molar-refractivity contribution in [2.24, 2.45) is 0 Å². The third-order valence-corrected chi connectivity index (χ3v) is 3.37. The second-order valence-corrected chi connectivity index (χ2v) is 6.37. The first kappa shape index (κ1) is 14.0. The molecule has 0 aromatic heterocycles. The van der Waals surface area contributed by atoms with Crippen LogP contribution in [0.3, 0.4) is 0 Å². The Labute approximate surface area is 112 Å². The Morgan fingerprint density at radius 1 is 1.44 bits per heavy atom. The third-order valence-electron chi connectivity index (χ3n) is 2.56. The lowest BCUT2D eigenvalue weighted by atomic mass is 10.1. The van der Waals surface area contributed by atoms with Gasteiger partial charge < -0.3 is 4.90 Å². The lowest BCUT2D eigenvalue weighted by Gasteiger charge is -2.18. The Bertz CT molecular complexity index is 339. The molecule has 0 aliphatic carbocycles. The SMILES string of the molecule is Cc1ccc(CN(C)CCC(C)Br)c(Cl)c1. The summed E-state index contributed by atoms with van der Waals surface area (Å²) in [6, 6.07) is 6.26. The number of alkyl halides is 1. The summed E-state index contributed by atoms with van der Waals surface area (Å²) in [5, 5.41) is 0.874. The first-order valence-electron chi connectivity index (χ1n) is 5.56. The average molecular weight is 305 g/mol. The van der Waals surface area contributed by atoms with Gasteiger partial charge in [-0.15, -0.1) is 0 Å². The van der Waals surface area contributed by atoms with Crippen LogP contribution in [0.4, 0.5) is 0 Å². The van der Waals surface area contributed by atoms with Gasteiger partial charge in [0.25, 0.3) is 0 Å². The summed E-state index contributed by atoms with van der Waals surface area (Å²) in [7, 11) is 2.13. The average Bonchev–Trinajstić information content (AvgIpc) is 2.19. The zero-order chi connectivity index (χ0) is 12.1. The van der Waals surface area contributed by atoms with Crippen LogP contribution in [0.1, 0.15) is 24.5 Å². The van der Waals surface area contributed by atoms with Crippen LogP contribution >= 0.6 is 27.5 Å². The minimum Gasteiger partial charge on any atom is -0.302 e. The van der Waals surface area contributed by atoms with Gasteiger partial charge in [0, 0.05) is 16.4 Å². The number of hydrogen-bond acceptors (Lipinski definition) is 1. The highest BCUT2D eigenvalue weighted by Crippen LogP contribution is 2.19. The van der Waals surface area contributed by atoms with Crippen LogP contribution in [-0.4, -0.2) is 23.3 Å². The molecule has 0 N–H and O–H groups in total. The van der Waals surface area contributed by atoms with Crippen molar-refractivity contribution in [3.8, 4) is 0 Å². The normalized spacial score (nSPS) is 13.1. The van der Waals surface area contributed by atoms with Crippen LogP contribution in [0.2, 0.25) is 5.02 Å². The summed E-state index contributed by atoms with van der Waals surface area (Å²) < 4.78 is 0. The molecule has 16 heavy (non-hydrogen) atoms. The molecule has 0 saturated heterocycles. The van der Waals surface area contributed by atoms with Gasteiger partial charge in [-0.1, -0.05) is 46.6 Å². The van der Waals surface area contributed by atoms with E-state index in [0.717, 1.165) is 24.5 Å². The lowest BCUT2D eigenvalue weighted by Crippen LogP contribution is -2.21.